The highest BCUT2D eigenvalue weighted by molar-refractivity contribution is 6.46. The number of Topliss-reactive ketones (excluding diaryl/α,β-unsaturated/α-hetero) is 1. The predicted molar refractivity (Wildman–Crippen MR) is 122 cm³/mol. The number of ketones is 1. The van der Waals surface area contributed by atoms with Gasteiger partial charge < -0.3 is 23.9 Å². The number of carbonyl (C=O) groups is 2. The summed E-state index contributed by atoms with van der Waals surface area (Å²) < 4.78 is 16.4. The Morgan fingerprint density at radius 2 is 1.91 bits per heavy atom. The van der Waals surface area contributed by atoms with Gasteiger partial charge in [0.2, 0.25) is 0 Å². The third-order valence-corrected chi connectivity index (χ3v) is 5.83. The zero-order chi connectivity index (χ0) is 23.2. The van der Waals surface area contributed by atoms with Gasteiger partial charge in [-0.3, -0.25) is 14.5 Å². The van der Waals surface area contributed by atoms with Crippen LogP contribution in [-0.2, 0) is 14.3 Å². The number of nitrogens with zero attached hydrogens (tertiary/aromatic N) is 2. The lowest BCUT2D eigenvalue weighted by molar-refractivity contribution is -0.140. The molecule has 2 fully saturated rings. The number of hydrogen-bond acceptors (Lipinski definition) is 7. The molecule has 3 heterocycles. The maximum Gasteiger partial charge on any atom is 0.295 e. The van der Waals surface area contributed by atoms with Crippen LogP contribution in [-0.4, -0.2) is 72.6 Å². The molecule has 0 radical (unpaired) electrons. The van der Waals surface area contributed by atoms with Gasteiger partial charge in [-0.2, -0.15) is 0 Å². The van der Waals surface area contributed by atoms with Crippen LogP contribution in [0.15, 0.2) is 65.3 Å². The van der Waals surface area contributed by atoms with Crippen molar-refractivity contribution >= 4 is 17.4 Å². The quantitative estimate of drug-likeness (QED) is 0.271. The molecule has 33 heavy (non-hydrogen) atoms. The highest BCUT2D eigenvalue weighted by Gasteiger charge is 2.47. The molecule has 2 aliphatic heterocycles. The van der Waals surface area contributed by atoms with Crippen molar-refractivity contribution in [3.05, 3.63) is 72.2 Å². The van der Waals surface area contributed by atoms with Crippen molar-refractivity contribution in [3.8, 4) is 5.75 Å². The van der Waals surface area contributed by atoms with Gasteiger partial charge in [0.25, 0.3) is 11.7 Å². The van der Waals surface area contributed by atoms with Crippen molar-refractivity contribution in [2.24, 2.45) is 0 Å². The molecule has 1 amide bonds. The Balaban J connectivity index is 1.58. The molecule has 1 atom stereocenters. The van der Waals surface area contributed by atoms with Crippen molar-refractivity contribution in [1.29, 1.82) is 0 Å². The first kappa shape index (κ1) is 22.8. The molecule has 0 unspecified atom stereocenters. The zero-order valence-electron chi connectivity index (χ0n) is 18.4. The Morgan fingerprint density at radius 1 is 1.15 bits per heavy atom. The Labute approximate surface area is 192 Å². The zero-order valence-corrected chi connectivity index (χ0v) is 18.4. The molecule has 174 valence electrons. The van der Waals surface area contributed by atoms with E-state index in [0.717, 1.165) is 19.6 Å². The Kier molecular flexibility index (Phi) is 7.26. The molecule has 0 saturated carbocycles. The number of aliphatic hydroxyl groups excluding tert-OH is 1. The minimum atomic E-state index is -0.776. The number of benzene rings is 1. The van der Waals surface area contributed by atoms with Crippen LogP contribution in [0.4, 0.5) is 0 Å². The van der Waals surface area contributed by atoms with Gasteiger partial charge in [0, 0.05) is 31.7 Å². The second kappa shape index (κ2) is 10.5. The maximum absolute atomic E-state index is 13.0. The number of hydrogen-bond donors (Lipinski definition) is 1. The minimum absolute atomic E-state index is 0.0288. The van der Waals surface area contributed by atoms with E-state index in [-0.39, 0.29) is 11.3 Å². The van der Waals surface area contributed by atoms with Gasteiger partial charge in [-0.15, -0.1) is 0 Å². The van der Waals surface area contributed by atoms with Crippen LogP contribution < -0.4 is 4.74 Å². The fourth-order valence-corrected chi connectivity index (χ4v) is 4.16. The van der Waals surface area contributed by atoms with Crippen LogP contribution >= 0.6 is 0 Å². The number of rotatable bonds is 9. The minimum Gasteiger partial charge on any atom is -0.507 e. The average molecular weight is 453 g/mol. The van der Waals surface area contributed by atoms with Crippen molar-refractivity contribution in [1.82, 2.24) is 9.80 Å². The summed E-state index contributed by atoms with van der Waals surface area (Å²) in [5.41, 5.74) is 0.449. The molecule has 0 bridgehead atoms. The molecule has 0 spiro atoms. The molecule has 2 aliphatic rings. The summed E-state index contributed by atoms with van der Waals surface area (Å²) in [7, 11) is 0. The molecule has 8 nitrogen and oxygen atoms in total. The molecular formula is C25H28N2O6. The lowest BCUT2D eigenvalue weighted by Gasteiger charge is -2.28. The fourth-order valence-electron chi connectivity index (χ4n) is 4.16. The summed E-state index contributed by atoms with van der Waals surface area (Å²) in [6.07, 6.45) is 3.83. The first-order valence-electron chi connectivity index (χ1n) is 11.1. The topological polar surface area (TPSA) is 92.5 Å². The normalized spacial score (nSPS) is 20.8. The van der Waals surface area contributed by atoms with E-state index in [0.29, 0.717) is 49.9 Å². The third kappa shape index (κ3) is 5.02. The van der Waals surface area contributed by atoms with Gasteiger partial charge in [-0.05, 0) is 42.8 Å². The van der Waals surface area contributed by atoms with E-state index in [1.807, 2.05) is 0 Å². The van der Waals surface area contributed by atoms with Gasteiger partial charge in [0.1, 0.15) is 29.9 Å². The molecule has 0 aliphatic carbocycles. The molecule has 2 saturated heterocycles. The number of morpholine rings is 1. The van der Waals surface area contributed by atoms with Crippen LogP contribution in [0.2, 0.25) is 0 Å². The number of ether oxygens (including phenoxy) is 2. The van der Waals surface area contributed by atoms with Crippen LogP contribution in [0, 0.1) is 0 Å². The second-order valence-electron chi connectivity index (χ2n) is 7.94. The van der Waals surface area contributed by atoms with Crippen molar-refractivity contribution in [3.63, 3.8) is 0 Å². The number of likely N-dealkylation sites (tertiary alicyclic amines) is 1. The number of carbonyl (C=O) groups excluding carboxylic acids is 2. The largest absolute Gasteiger partial charge is 0.507 e. The van der Waals surface area contributed by atoms with Crippen molar-refractivity contribution in [2.45, 2.75) is 12.5 Å². The molecule has 8 heteroatoms. The molecule has 1 aromatic heterocycles. The van der Waals surface area contributed by atoms with E-state index < -0.39 is 17.7 Å². The molecular weight excluding hydrogens is 424 g/mol. The summed E-state index contributed by atoms with van der Waals surface area (Å²) >= 11 is 0. The maximum atomic E-state index is 13.0. The summed E-state index contributed by atoms with van der Waals surface area (Å²) in [5, 5.41) is 11.1. The second-order valence-corrected chi connectivity index (χ2v) is 7.94. The first-order chi connectivity index (χ1) is 16.1. The predicted octanol–water partition coefficient (Wildman–Crippen LogP) is 2.99. The lowest BCUT2D eigenvalue weighted by atomic mass is 9.99. The SMILES string of the molecule is C=CCOc1ccc(/C(O)=C2\C(=O)C(=O)N(CCCN3CCOCC3)[C@@H]2c2ccco2)cc1. The van der Waals surface area contributed by atoms with E-state index in [1.165, 1.54) is 11.2 Å². The molecule has 1 N–H and O–H groups in total. The standard InChI is InChI=1S/C25H28N2O6/c1-2-14-32-19-8-6-18(7-9-19)23(28)21-22(20-5-3-15-33-20)27(25(30)24(21)29)11-4-10-26-12-16-31-17-13-26/h2-3,5-9,15,22,28H,1,4,10-14,16-17H2/b23-21+/t22-/m1/s1. The highest BCUT2D eigenvalue weighted by atomic mass is 16.5. The summed E-state index contributed by atoms with van der Waals surface area (Å²) in [6, 6.07) is 9.33. The Hall–Kier alpha value is -3.36. The van der Waals surface area contributed by atoms with E-state index >= 15 is 0 Å². The van der Waals surface area contributed by atoms with Gasteiger partial charge in [0.05, 0.1) is 25.1 Å². The van der Waals surface area contributed by atoms with Gasteiger partial charge in [-0.1, -0.05) is 12.7 Å². The van der Waals surface area contributed by atoms with Crippen LogP contribution in [0.1, 0.15) is 23.8 Å². The number of amides is 1. The van der Waals surface area contributed by atoms with Crippen molar-refractivity contribution < 1.29 is 28.6 Å². The van der Waals surface area contributed by atoms with Crippen LogP contribution in [0.25, 0.3) is 5.76 Å². The molecule has 1 aromatic carbocycles. The fraction of sp³-hybridized carbons (Fsp3) is 0.360. The number of furan rings is 1. The summed E-state index contributed by atoms with van der Waals surface area (Å²) in [5.74, 6) is -0.538. The van der Waals surface area contributed by atoms with Gasteiger partial charge in [0.15, 0.2) is 0 Å². The van der Waals surface area contributed by atoms with E-state index in [9.17, 15) is 14.7 Å². The Morgan fingerprint density at radius 3 is 2.58 bits per heavy atom. The highest BCUT2D eigenvalue weighted by Crippen LogP contribution is 2.39. The molecule has 2 aromatic rings. The summed E-state index contributed by atoms with van der Waals surface area (Å²) in [4.78, 5) is 29.7. The van der Waals surface area contributed by atoms with E-state index in [1.54, 1.807) is 42.5 Å². The van der Waals surface area contributed by atoms with Crippen LogP contribution in [0.3, 0.4) is 0 Å². The average Bonchev–Trinajstić information content (AvgIpc) is 3.46. The molecule has 4 rings (SSSR count). The summed E-state index contributed by atoms with van der Waals surface area (Å²) in [6.45, 7) is 8.26. The number of aliphatic hydroxyl groups is 1. The monoisotopic (exact) mass is 452 g/mol. The third-order valence-electron chi connectivity index (χ3n) is 5.83. The smallest absolute Gasteiger partial charge is 0.295 e. The van der Waals surface area contributed by atoms with Gasteiger partial charge in [-0.25, -0.2) is 0 Å². The van der Waals surface area contributed by atoms with Crippen LogP contribution in [0.5, 0.6) is 5.75 Å². The first-order valence-corrected chi connectivity index (χ1v) is 11.1. The van der Waals surface area contributed by atoms with Crippen molar-refractivity contribution in [2.75, 3.05) is 46.0 Å². The van der Waals surface area contributed by atoms with E-state index in [2.05, 4.69) is 11.5 Å². The Bertz CT molecular complexity index is 1010. The van der Waals surface area contributed by atoms with Gasteiger partial charge >= 0.3 is 0 Å². The lowest BCUT2D eigenvalue weighted by Crippen LogP contribution is -2.38. The van der Waals surface area contributed by atoms with E-state index in [4.69, 9.17) is 13.9 Å².